The fourth-order valence-electron chi connectivity index (χ4n) is 0.594. The van der Waals surface area contributed by atoms with Crippen molar-refractivity contribution in [2.75, 3.05) is 44.7 Å². The third-order valence-corrected chi connectivity index (χ3v) is 3.47. The van der Waals surface area contributed by atoms with Gasteiger partial charge in [0.15, 0.2) is 0 Å². The SMILES string of the molecule is NC(CO)(CO)CO.O=P(O)(NCCCl)NCCCl. The predicted octanol–water partition coefficient (Wildman–Crippen LogP) is -1.60. The van der Waals surface area contributed by atoms with Gasteiger partial charge in [-0.15, -0.1) is 23.2 Å². The van der Waals surface area contributed by atoms with Gasteiger partial charge in [0, 0.05) is 24.8 Å². The van der Waals surface area contributed by atoms with Gasteiger partial charge >= 0.3 is 7.67 Å². The standard InChI is InChI=1S/C4H11Cl2N2O2P.C4H11NO3/c5-1-3-7-11(9,10)8-4-2-6;5-4(1-6,2-7)3-8/h1-4H2,(H3,7,8,9,10);6-8H,1-3,5H2. The van der Waals surface area contributed by atoms with Crippen LogP contribution in [0.1, 0.15) is 0 Å². The molecular weight excluding hydrogens is 320 g/mol. The molecule has 0 aliphatic carbocycles. The molecule has 0 unspecified atom stereocenters. The van der Waals surface area contributed by atoms with E-state index in [1.807, 2.05) is 0 Å². The van der Waals surface area contributed by atoms with Gasteiger partial charge < -0.3 is 25.9 Å². The summed E-state index contributed by atoms with van der Waals surface area (Å²) < 4.78 is 10.9. The van der Waals surface area contributed by atoms with Crippen molar-refractivity contribution in [3.63, 3.8) is 0 Å². The molecule has 0 atom stereocenters. The van der Waals surface area contributed by atoms with Crippen molar-refractivity contribution in [1.82, 2.24) is 10.2 Å². The molecule has 19 heavy (non-hydrogen) atoms. The molecule has 0 aromatic rings. The highest BCUT2D eigenvalue weighted by Crippen LogP contribution is 2.28. The molecule has 0 amide bonds. The van der Waals surface area contributed by atoms with Gasteiger partial charge in [0.2, 0.25) is 0 Å². The topological polar surface area (TPSA) is 148 Å². The van der Waals surface area contributed by atoms with Crippen LogP contribution < -0.4 is 15.9 Å². The second-order valence-corrected chi connectivity index (χ2v) is 6.15. The number of aliphatic hydroxyl groups is 3. The van der Waals surface area contributed by atoms with Crippen LogP contribution in [-0.2, 0) is 4.57 Å². The first-order chi connectivity index (χ1) is 8.80. The molecule has 0 heterocycles. The lowest BCUT2D eigenvalue weighted by molar-refractivity contribution is 0.0697. The summed E-state index contributed by atoms with van der Waals surface area (Å²) in [5.41, 5.74) is 3.94. The molecule has 118 valence electrons. The molecule has 8 N–H and O–H groups in total. The largest absolute Gasteiger partial charge is 0.394 e. The summed E-state index contributed by atoms with van der Waals surface area (Å²) >= 11 is 10.6. The van der Waals surface area contributed by atoms with E-state index in [-0.39, 0.29) is 0 Å². The zero-order valence-corrected chi connectivity index (χ0v) is 12.8. The summed E-state index contributed by atoms with van der Waals surface area (Å²) in [6.45, 7) is -0.616. The van der Waals surface area contributed by atoms with Crippen LogP contribution in [0.5, 0.6) is 0 Å². The number of alkyl halides is 2. The van der Waals surface area contributed by atoms with E-state index in [0.717, 1.165) is 0 Å². The molecule has 0 aromatic carbocycles. The number of halogens is 2. The Kier molecular flexibility index (Phi) is 14.1. The molecule has 0 saturated carbocycles. The predicted molar refractivity (Wildman–Crippen MR) is 75.4 cm³/mol. The molecule has 0 radical (unpaired) electrons. The highest BCUT2D eigenvalue weighted by atomic mass is 35.5. The van der Waals surface area contributed by atoms with Crippen LogP contribution in [0.15, 0.2) is 0 Å². The lowest BCUT2D eigenvalue weighted by Gasteiger charge is -2.20. The highest BCUT2D eigenvalue weighted by molar-refractivity contribution is 7.53. The second-order valence-electron chi connectivity index (χ2n) is 3.61. The summed E-state index contributed by atoms with van der Waals surface area (Å²) in [7, 11) is -3.39. The Bertz CT molecular complexity index is 238. The maximum atomic E-state index is 10.9. The zero-order chi connectivity index (χ0) is 15.4. The Hall–Kier alpha value is 0.530. The smallest absolute Gasteiger partial charge is 0.338 e. The molecule has 8 nitrogen and oxygen atoms in total. The Balaban J connectivity index is 0. The van der Waals surface area contributed by atoms with Gasteiger partial charge in [0.05, 0.1) is 25.4 Å². The lowest BCUT2D eigenvalue weighted by Crippen LogP contribution is -2.50. The third-order valence-electron chi connectivity index (χ3n) is 1.79. The number of nitrogens with one attached hydrogen (secondary N) is 2. The molecule has 0 aliphatic rings. The number of nitrogens with two attached hydrogens (primary N) is 1. The van der Waals surface area contributed by atoms with Crippen molar-refractivity contribution in [2.24, 2.45) is 5.73 Å². The number of aliphatic hydroxyl groups excluding tert-OH is 3. The first-order valence-electron chi connectivity index (χ1n) is 5.37. The molecule has 0 aromatic heterocycles. The van der Waals surface area contributed by atoms with E-state index in [1.165, 1.54) is 0 Å². The van der Waals surface area contributed by atoms with Crippen LogP contribution in [-0.4, -0.2) is 70.4 Å². The molecule has 0 saturated heterocycles. The average molecular weight is 342 g/mol. The van der Waals surface area contributed by atoms with Crippen molar-refractivity contribution >= 4 is 30.9 Å². The quantitative estimate of drug-likeness (QED) is 0.196. The van der Waals surface area contributed by atoms with Gasteiger partial charge in [-0.2, -0.15) is 0 Å². The fraction of sp³-hybridized carbons (Fsp3) is 1.00. The highest BCUT2D eigenvalue weighted by Gasteiger charge is 2.20. The van der Waals surface area contributed by atoms with E-state index in [2.05, 4.69) is 10.2 Å². The van der Waals surface area contributed by atoms with Crippen LogP contribution >= 0.6 is 30.9 Å². The number of hydrogen-bond donors (Lipinski definition) is 7. The first kappa shape index (κ1) is 21.8. The molecule has 0 spiro atoms. The monoisotopic (exact) mass is 341 g/mol. The van der Waals surface area contributed by atoms with E-state index < -0.39 is 33.0 Å². The Morgan fingerprint density at radius 2 is 1.32 bits per heavy atom. The van der Waals surface area contributed by atoms with E-state index >= 15 is 0 Å². The second kappa shape index (κ2) is 12.3. The zero-order valence-electron chi connectivity index (χ0n) is 10.4. The maximum Gasteiger partial charge on any atom is 0.338 e. The number of hydrogen-bond acceptors (Lipinski definition) is 5. The lowest BCUT2D eigenvalue weighted by atomic mass is 10.1. The van der Waals surface area contributed by atoms with Gasteiger partial charge in [-0.05, 0) is 0 Å². The minimum atomic E-state index is -3.39. The number of rotatable bonds is 9. The Morgan fingerprint density at radius 1 is 1.00 bits per heavy atom. The maximum absolute atomic E-state index is 10.9. The van der Waals surface area contributed by atoms with Crippen LogP contribution in [0.4, 0.5) is 0 Å². The van der Waals surface area contributed by atoms with Gasteiger partial charge in [0.25, 0.3) is 0 Å². The van der Waals surface area contributed by atoms with E-state index in [1.54, 1.807) is 0 Å². The van der Waals surface area contributed by atoms with Crippen molar-refractivity contribution in [1.29, 1.82) is 0 Å². The minimum Gasteiger partial charge on any atom is -0.394 e. The van der Waals surface area contributed by atoms with Gasteiger partial charge in [-0.25, -0.2) is 10.2 Å². The van der Waals surface area contributed by atoms with Crippen molar-refractivity contribution in [3.05, 3.63) is 0 Å². The molecule has 11 heteroatoms. The van der Waals surface area contributed by atoms with Gasteiger partial charge in [0.1, 0.15) is 0 Å². The van der Waals surface area contributed by atoms with E-state index in [4.69, 9.17) is 49.1 Å². The third kappa shape index (κ3) is 13.3. The summed E-state index contributed by atoms with van der Waals surface area (Å²) in [4.78, 5) is 8.99. The minimum absolute atomic E-state index is 0.296. The molecule has 0 aliphatic heterocycles. The summed E-state index contributed by atoms with van der Waals surface area (Å²) in [6.07, 6.45) is 0. The van der Waals surface area contributed by atoms with E-state index in [0.29, 0.717) is 24.8 Å². The normalized spacial score (nSPS) is 11.9. The molecular formula is C8H22Cl2N3O5P. The summed E-state index contributed by atoms with van der Waals surface area (Å²) in [5, 5.41) is 29.7. The van der Waals surface area contributed by atoms with Crippen molar-refractivity contribution in [2.45, 2.75) is 5.54 Å². The van der Waals surface area contributed by atoms with Crippen LogP contribution in [0, 0.1) is 0 Å². The average Bonchev–Trinajstić information content (AvgIpc) is 2.43. The first-order valence-corrected chi connectivity index (χ1v) is 8.10. The summed E-state index contributed by atoms with van der Waals surface area (Å²) in [5.74, 6) is 0.597. The molecule has 0 bridgehead atoms. The Morgan fingerprint density at radius 3 is 1.47 bits per heavy atom. The molecule has 0 fully saturated rings. The van der Waals surface area contributed by atoms with Crippen LogP contribution in [0.2, 0.25) is 0 Å². The molecule has 0 rings (SSSR count). The van der Waals surface area contributed by atoms with Crippen molar-refractivity contribution in [3.8, 4) is 0 Å². The Labute approximate surface area is 122 Å². The van der Waals surface area contributed by atoms with Gasteiger partial charge in [-0.1, -0.05) is 0 Å². The van der Waals surface area contributed by atoms with Crippen LogP contribution in [0.3, 0.4) is 0 Å². The van der Waals surface area contributed by atoms with E-state index in [9.17, 15) is 4.57 Å². The van der Waals surface area contributed by atoms with Gasteiger partial charge in [-0.3, -0.25) is 4.57 Å². The van der Waals surface area contributed by atoms with Crippen LogP contribution in [0.25, 0.3) is 0 Å². The summed E-state index contributed by atoms with van der Waals surface area (Å²) in [6, 6.07) is 0. The van der Waals surface area contributed by atoms with Crippen molar-refractivity contribution < 1.29 is 24.8 Å². The fourth-order valence-corrected chi connectivity index (χ4v) is 1.99.